The van der Waals surface area contributed by atoms with Gasteiger partial charge in [-0.25, -0.2) is 0 Å². The predicted molar refractivity (Wildman–Crippen MR) is 73.7 cm³/mol. The summed E-state index contributed by atoms with van der Waals surface area (Å²) in [4.78, 5) is 4.14. The second-order valence-electron chi connectivity index (χ2n) is 4.99. The summed E-state index contributed by atoms with van der Waals surface area (Å²) in [5.41, 5.74) is 6.45. The van der Waals surface area contributed by atoms with Crippen LogP contribution in [-0.4, -0.2) is 10.1 Å². The number of pyridine rings is 1. The van der Waals surface area contributed by atoms with Crippen molar-refractivity contribution in [2.24, 2.45) is 0 Å². The van der Waals surface area contributed by atoms with Gasteiger partial charge in [0.2, 0.25) is 0 Å². The van der Waals surface area contributed by atoms with Crippen LogP contribution in [0.25, 0.3) is 0 Å². The summed E-state index contributed by atoms with van der Waals surface area (Å²) in [6, 6.07) is 6.17. The summed E-state index contributed by atoms with van der Waals surface area (Å²) in [5.74, 6) is 0. The van der Waals surface area contributed by atoms with E-state index in [1.54, 1.807) is 12.4 Å². The summed E-state index contributed by atoms with van der Waals surface area (Å²) < 4.78 is 0. The second kappa shape index (κ2) is 4.91. The van der Waals surface area contributed by atoms with E-state index in [4.69, 9.17) is 0 Å². The van der Waals surface area contributed by atoms with Crippen LogP contribution in [0.3, 0.4) is 0 Å². The zero-order valence-electron chi connectivity index (χ0n) is 11.4. The van der Waals surface area contributed by atoms with Crippen molar-refractivity contribution in [2.75, 3.05) is 0 Å². The number of aryl methyl sites for hydroxylation is 4. The van der Waals surface area contributed by atoms with Gasteiger partial charge in [0.1, 0.15) is 6.10 Å². The standard InChI is InChI=1S/C16H19NO/c1-10-5-14(9-17-8-10)16(18)15-7-12(3)11(2)6-13(15)4/h5-9,16,18H,1-4H3. The third-order valence-corrected chi connectivity index (χ3v) is 3.39. The number of hydrogen-bond acceptors (Lipinski definition) is 2. The van der Waals surface area contributed by atoms with Gasteiger partial charge in [-0.15, -0.1) is 0 Å². The van der Waals surface area contributed by atoms with Crippen LogP contribution in [0.15, 0.2) is 30.6 Å². The number of benzene rings is 1. The van der Waals surface area contributed by atoms with E-state index in [0.717, 1.165) is 22.3 Å². The Hall–Kier alpha value is -1.67. The van der Waals surface area contributed by atoms with E-state index >= 15 is 0 Å². The van der Waals surface area contributed by atoms with Crippen LogP contribution in [0.2, 0.25) is 0 Å². The van der Waals surface area contributed by atoms with Crippen molar-refractivity contribution in [1.29, 1.82) is 0 Å². The minimum absolute atomic E-state index is 0.600. The highest BCUT2D eigenvalue weighted by Gasteiger charge is 2.14. The maximum atomic E-state index is 10.5. The van der Waals surface area contributed by atoms with E-state index in [1.165, 1.54) is 11.1 Å². The lowest BCUT2D eigenvalue weighted by molar-refractivity contribution is 0.219. The van der Waals surface area contributed by atoms with Crippen LogP contribution in [0.4, 0.5) is 0 Å². The van der Waals surface area contributed by atoms with E-state index in [-0.39, 0.29) is 0 Å². The smallest absolute Gasteiger partial charge is 0.106 e. The van der Waals surface area contributed by atoms with Crippen LogP contribution in [0.1, 0.15) is 39.5 Å². The lowest BCUT2D eigenvalue weighted by atomic mass is 9.94. The predicted octanol–water partition coefficient (Wildman–Crippen LogP) is 3.40. The summed E-state index contributed by atoms with van der Waals surface area (Å²) in [6.07, 6.45) is 2.92. The maximum absolute atomic E-state index is 10.5. The number of nitrogens with zero attached hydrogens (tertiary/aromatic N) is 1. The molecule has 0 spiro atoms. The molecule has 1 unspecified atom stereocenters. The lowest BCUT2D eigenvalue weighted by Crippen LogP contribution is -2.04. The third kappa shape index (κ3) is 2.44. The van der Waals surface area contributed by atoms with Crippen molar-refractivity contribution in [1.82, 2.24) is 4.98 Å². The summed E-state index contributed by atoms with van der Waals surface area (Å²) in [6.45, 7) is 8.18. The first-order valence-corrected chi connectivity index (χ1v) is 6.16. The molecule has 94 valence electrons. The average molecular weight is 241 g/mol. The van der Waals surface area contributed by atoms with E-state index < -0.39 is 6.10 Å². The molecule has 2 nitrogen and oxygen atoms in total. The molecule has 0 saturated carbocycles. The SMILES string of the molecule is Cc1cncc(C(O)c2cc(C)c(C)cc2C)c1. The molecule has 0 fully saturated rings. The highest BCUT2D eigenvalue weighted by atomic mass is 16.3. The number of aliphatic hydroxyl groups excluding tert-OH is 1. The Bertz CT molecular complexity index is 575. The Morgan fingerprint density at radius 3 is 2.22 bits per heavy atom. The second-order valence-corrected chi connectivity index (χ2v) is 4.99. The van der Waals surface area contributed by atoms with E-state index in [0.29, 0.717) is 0 Å². The van der Waals surface area contributed by atoms with Crippen LogP contribution in [0.5, 0.6) is 0 Å². The first-order chi connectivity index (χ1) is 8.49. The van der Waals surface area contributed by atoms with Crippen molar-refractivity contribution in [3.63, 3.8) is 0 Å². The Labute approximate surface area is 108 Å². The molecule has 1 heterocycles. The van der Waals surface area contributed by atoms with Crippen LogP contribution < -0.4 is 0 Å². The van der Waals surface area contributed by atoms with Gasteiger partial charge < -0.3 is 5.11 Å². The fourth-order valence-electron chi connectivity index (χ4n) is 2.18. The van der Waals surface area contributed by atoms with Crippen molar-refractivity contribution >= 4 is 0 Å². The van der Waals surface area contributed by atoms with Gasteiger partial charge in [0.25, 0.3) is 0 Å². The number of aliphatic hydroxyl groups is 1. The molecule has 2 aromatic rings. The molecule has 1 atom stereocenters. The van der Waals surface area contributed by atoms with Gasteiger partial charge in [-0.2, -0.15) is 0 Å². The number of rotatable bonds is 2. The van der Waals surface area contributed by atoms with Gasteiger partial charge in [0.05, 0.1) is 0 Å². The number of aromatic nitrogens is 1. The van der Waals surface area contributed by atoms with Gasteiger partial charge in [0, 0.05) is 18.0 Å². The van der Waals surface area contributed by atoms with Gasteiger partial charge in [-0.1, -0.05) is 18.2 Å². The summed E-state index contributed by atoms with van der Waals surface area (Å²) in [7, 11) is 0. The third-order valence-electron chi connectivity index (χ3n) is 3.39. The molecule has 2 rings (SSSR count). The van der Waals surface area contributed by atoms with Crippen LogP contribution in [0, 0.1) is 27.7 Å². The molecule has 2 heteroatoms. The maximum Gasteiger partial charge on any atom is 0.106 e. The molecule has 0 bridgehead atoms. The molecule has 1 aromatic heterocycles. The quantitative estimate of drug-likeness (QED) is 0.874. The minimum atomic E-state index is -0.600. The Kier molecular flexibility index (Phi) is 3.48. The Balaban J connectivity index is 2.46. The van der Waals surface area contributed by atoms with E-state index in [1.807, 2.05) is 19.9 Å². The van der Waals surface area contributed by atoms with Gasteiger partial charge >= 0.3 is 0 Å². The molecular formula is C16H19NO. The molecule has 0 radical (unpaired) electrons. The Morgan fingerprint density at radius 2 is 1.56 bits per heavy atom. The molecule has 1 N–H and O–H groups in total. The zero-order valence-corrected chi connectivity index (χ0v) is 11.4. The lowest BCUT2D eigenvalue weighted by Gasteiger charge is -2.16. The van der Waals surface area contributed by atoms with Crippen molar-refractivity contribution in [3.05, 3.63) is 64.0 Å². The molecule has 0 aliphatic carbocycles. The first-order valence-electron chi connectivity index (χ1n) is 6.16. The van der Waals surface area contributed by atoms with Crippen molar-refractivity contribution in [3.8, 4) is 0 Å². The Morgan fingerprint density at radius 1 is 0.889 bits per heavy atom. The largest absolute Gasteiger partial charge is 0.384 e. The van der Waals surface area contributed by atoms with Gasteiger partial charge in [0.15, 0.2) is 0 Å². The highest BCUT2D eigenvalue weighted by molar-refractivity contribution is 5.41. The van der Waals surface area contributed by atoms with E-state index in [2.05, 4.69) is 31.0 Å². The molecule has 1 aromatic carbocycles. The van der Waals surface area contributed by atoms with Crippen LogP contribution >= 0.6 is 0 Å². The van der Waals surface area contributed by atoms with E-state index in [9.17, 15) is 5.11 Å². The normalized spacial score (nSPS) is 12.5. The minimum Gasteiger partial charge on any atom is -0.384 e. The highest BCUT2D eigenvalue weighted by Crippen LogP contribution is 2.27. The molecule has 18 heavy (non-hydrogen) atoms. The monoisotopic (exact) mass is 241 g/mol. The van der Waals surface area contributed by atoms with Crippen LogP contribution in [-0.2, 0) is 0 Å². The zero-order chi connectivity index (χ0) is 13.3. The first kappa shape index (κ1) is 12.8. The molecule has 0 saturated heterocycles. The molecular weight excluding hydrogens is 222 g/mol. The summed E-state index contributed by atoms with van der Waals surface area (Å²) >= 11 is 0. The fourth-order valence-corrected chi connectivity index (χ4v) is 2.18. The van der Waals surface area contributed by atoms with Gasteiger partial charge in [-0.3, -0.25) is 4.98 Å². The fraction of sp³-hybridized carbons (Fsp3) is 0.312. The number of hydrogen-bond donors (Lipinski definition) is 1. The van der Waals surface area contributed by atoms with Gasteiger partial charge in [-0.05, 0) is 55.5 Å². The summed E-state index contributed by atoms with van der Waals surface area (Å²) in [5, 5.41) is 10.5. The topological polar surface area (TPSA) is 33.1 Å². The van der Waals surface area contributed by atoms with Crippen molar-refractivity contribution in [2.45, 2.75) is 33.8 Å². The molecule has 0 aliphatic heterocycles. The van der Waals surface area contributed by atoms with Crippen molar-refractivity contribution < 1.29 is 5.11 Å². The average Bonchev–Trinajstić information content (AvgIpc) is 2.33. The molecule has 0 amide bonds. The molecule has 0 aliphatic rings.